The summed E-state index contributed by atoms with van der Waals surface area (Å²) in [6.07, 6.45) is 3.45. The maximum atomic E-state index is 12.2. The van der Waals surface area contributed by atoms with Crippen molar-refractivity contribution in [2.45, 2.75) is 30.9 Å². The summed E-state index contributed by atoms with van der Waals surface area (Å²) in [5, 5.41) is 3.06. The Morgan fingerprint density at radius 2 is 1.65 bits per heavy atom. The molecule has 3 rings (SSSR count). The Morgan fingerprint density at radius 3 is 2.20 bits per heavy atom. The highest BCUT2D eigenvalue weighted by atomic mass is 35.5. The largest absolute Gasteiger partial charge is 0.341 e. The van der Waals surface area contributed by atoms with Crippen molar-refractivity contribution in [3.63, 3.8) is 0 Å². The van der Waals surface area contributed by atoms with Gasteiger partial charge in [0, 0.05) is 26.2 Å². The van der Waals surface area contributed by atoms with Crippen LogP contribution < -0.4 is 5.32 Å². The fourth-order valence-corrected chi connectivity index (χ4v) is 5.50. The molecule has 0 bridgehead atoms. The number of amides is 1. The number of carbonyl (C=O) groups is 1. The number of likely N-dealkylation sites (tertiary alicyclic amines) is 1. The molecule has 1 saturated carbocycles. The first-order chi connectivity index (χ1) is 9.06. The van der Waals surface area contributed by atoms with Crippen molar-refractivity contribution in [2.24, 2.45) is 11.8 Å². The summed E-state index contributed by atoms with van der Waals surface area (Å²) in [6.45, 7) is 3.39. The van der Waals surface area contributed by atoms with E-state index in [1.807, 2.05) is 0 Å². The minimum Gasteiger partial charge on any atom is -0.341 e. The van der Waals surface area contributed by atoms with E-state index in [0.29, 0.717) is 11.8 Å². The van der Waals surface area contributed by atoms with E-state index in [1.165, 1.54) is 0 Å². The molecule has 2 saturated heterocycles. The Kier molecular flexibility index (Phi) is 4.97. The van der Waals surface area contributed by atoms with Gasteiger partial charge in [0.05, 0.1) is 5.25 Å². The van der Waals surface area contributed by atoms with E-state index in [4.69, 9.17) is 0 Å². The Labute approximate surface area is 126 Å². The van der Waals surface area contributed by atoms with E-state index < -0.39 is 9.84 Å². The molecular weight excluding hydrogens is 300 g/mol. The number of halogens is 1. The van der Waals surface area contributed by atoms with Gasteiger partial charge in [-0.1, -0.05) is 12.8 Å². The van der Waals surface area contributed by atoms with Crippen LogP contribution in [0.15, 0.2) is 0 Å². The average molecular weight is 323 g/mol. The van der Waals surface area contributed by atoms with Crippen molar-refractivity contribution >= 4 is 28.2 Å². The van der Waals surface area contributed by atoms with Gasteiger partial charge in [-0.2, -0.15) is 0 Å². The van der Waals surface area contributed by atoms with Crippen molar-refractivity contribution in [1.29, 1.82) is 0 Å². The Hall–Kier alpha value is -0.330. The van der Waals surface area contributed by atoms with Crippen molar-refractivity contribution in [3.05, 3.63) is 0 Å². The van der Waals surface area contributed by atoms with Crippen molar-refractivity contribution in [3.8, 4) is 0 Å². The SMILES string of the molecule is Cl.O=C(CS(=O)(=O)C1CCCC1)N1C[C@H]2CNC[C@H]2C1. The average Bonchev–Trinajstić information content (AvgIpc) is 3.05. The summed E-state index contributed by atoms with van der Waals surface area (Å²) in [6, 6.07) is 0. The summed E-state index contributed by atoms with van der Waals surface area (Å²) in [7, 11) is -3.23. The summed E-state index contributed by atoms with van der Waals surface area (Å²) >= 11 is 0. The fraction of sp³-hybridized carbons (Fsp3) is 0.923. The minimum absolute atomic E-state index is 0. The van der Waals surface area contributed by atoms with Crippen LogP contribution in [-0.4, -0.2) is 56.4 Å². The molecule has 0 aromatic rings. The van der Waals surface area contributed by atoms with Gasteiger partial charge in [-0.15, -0.1) is 12.4 Å². The summed E-state index contributed by atoms with van der Waals surface area (Å²) in [5.74, 6) is 0.599. The molecule has 0 aromatic carbocycles. The molecule has 0 unspecified atom stereocenters. The lowest BCUT2D eigenvalue weighted by Gasteiger charge is -2.19. The van der Waals surface area contributed by atoms with Gasteiger partial charge >= 0.3 is 0 Å². The number of fused-ring (bicyclic) bond motifs is 1. The molecule has 0 aromatic heterocycles. The summed E-state index contributed by atoms with van der Waals surface area (Å²) < 4.78 is 24.4. The van der Waals surface area contributed by atoms with Gasteiger partial charge in [-0.3, -0.25) is 4.79 Å². The number of carbonyl (C=O) groups excluding carboxylic acids is 1. The number of sulfone groups is 1. The number of nitrogens with zero attached hydrogens (tertiary/aromatic N) is 1. The smallest absolute Gasteiger partial charge is 0.237 e. The molecule has 20 heavy (non-hydrogen) atoms. The van der Waals surface area contributed by atoms with Gasteiger partial charge in [0.2, 0.25) is 5.91 Å². The normalized spacial score (nSPS) is 30.3. The number of nitrogens with one attached hydrogen (secondary N) is 1. The van der Waals surface area contributed by atoms with Gasteiger partial charge in [0.15, 0.2) is 9.84 Å². The number of rotatable bonds is 3. The lowest BCUT2D eigenvalue weighted by atomic mass is 10.0. The van der Waals surface area contributed by atoms with Crippen LogP contribution >= 0.6 is 12.4 Å². The third kappa shape index (κ3) is 3.12. The lowest BCUT2D eigenvalue weighted by Crippen LogP contribution is -2.38. The first kappa shape index (κ1) is 16.0. The molecule has 2 aliphatic heterocycles. The summed E-state index contributed by atoms with van der Waals surface area (Å²) in [5.41, 5.74) is 0. The first-order valence-electron chi connectivity index (χ1n) is 7.26. The van der Waals surface area contributed by atoms with E-state index in [-0.39, 0.29) is 29.3 Å². The van der Waals surface area contributed by atoms with Crippen LogP contribution in [0.2, 0.25) is 0 Å². The molecular formula is C13H23ClN2O3S. The molecule has 3 aliphatic rings. The molecule has 3 fully saturated rings. The molecule has 7 heteroatoms. The highest BCUT2D eigenvalue weighted by molar-refractivity contribution is 7.92. The quantitative estimate of drug-likeness (QED) is 0.819. The Bertz CT molecular complexity index is 450. The van der Waals surface area contributed by atoms with Crippen LogP contribution in [0.3, 0.4) is 0 Å². The van der Waals surface area contributed by atoms with Crippen LogP contribution in [-0.2, 0) is 14.6 Å². The molecule has 0 radical (unpaired) electrons. The molecule has 5 nitrogen and oxygen atoms in total. The standard InChI is InChI=1S/C13H22N2O3S.ClH/c16-13(9-19(17,18)12-3-1-2-4-12)15-7-10-5-14-6-11(10)8-15;/h10-12,14H,1-9H2;1H/t10-,11+;. The minimum atomic E-state index is -3.23. The zero-order valence-electron chi connectivity index (χ0n) is 11.6. The van der Waals surface area contributed by atoms with Crippen molar-refractivity contribution in [2.75, 3.05) is 31.9 Å². The first-order valence-corrected chi connectivity index (χ1v) is 8.98. The van der Waals surface area contributed by atoms with Gasteiger partial charge in [0.25, 0.3) is 0 Å². The van der Waals surface area contributed by atoms with E-state index >= 15 is 0 Å². The topological polar surface area (TPSA) is 66.5 Å². The number of hydrogen-bond acceptors (Lipinski definition) is 4. The highest BCUT2D eigenvalue weighted by Crippen LogP contribution is 2.28. The second-order valence-corrected chi connectivity index (χ2v) is 8.47. The fourth-order valence-electron chi connectivity index (χ4n) is 3.69. The molecule has 2 heterocycles. The molecule has 116 valence electrons. The van der Waals surface area contributed by atoms with Crippen LogP contribution in [0.5, 0.6) is 0 Å². The van der Waals surface area contributed by atoms with Crippen molar-refractivity contribution < 1.29 is 13.2 Å². The molecule has 1 N–H and O–H groups in total. The second-order valence-electron chi connectivity index (χ2n) is 6.19. The zero-order valence-corrected chi connectivity index (χ0v) is 13.2. The van der Waals surface area contributed by atoms with Gasteiger partial charge in [0.1, 0.15) is 5.75 Å². The van der Waals surface area contributed by atoms with Gasteiger partial charge < -0.3 is 10.2 Å². The molecule has 1 amide bonds. The zero-order chi connectivity index (χ0) is 13.5. The predicted molar refractivity (Wildman–Crippen MR) is 79.7 cm³/mol. The van der Waals surface area contributed by atoms with Gasteiger partial charge in [-0.25, -0.2) is 8.42 Å². The molecule has 1 aliphatic carbocycles. The number of hydrogen-bond donors (Lipinski definition) is 1. The Morgan fingerprint density at radius 1 is 1.10 bits per heavy atom. The van der Waals surface area contributed by atoms with Crippen LogP contribution in [0.1, 0.15) is 25.7 Å². The Balaban J connectivity index is 0.00000147. The van der Waals surface area contributed by atoms with E-state index in [1.54, 1.807) is 4.90 Å². The van der Waals surface area contributed by atoms with Crippen molar-refractivity contribution in [1.82, 2.24) is 10.2 Å². The predicted octanol–water partition coefficient (Wildman–Crippen LogP) is 0.443. The summed E-state index contributed by atoms with van der Waals surface area (Å²) in [4.78, 5) is 13.9. The molecule has 0 spiro atoms. The highest BCUT2D eigenvalue weighted by Gasteiger charge is 2.40. The van der Waals surface area contributed by atoms with E-state index in [0.717, 1.165) is 51.9 Å². The lowest BCUT2D eigenvalue weighted by molar-refractivity contribution is -0.127. The maximum absolute atomic E-state index is 12.2. The van der Waals surface area contributed by atoms with Crippen LogP contribution in [0, 0.1) is 11.8 Å². The van der Waals surface area contributed by atoms with E-state index in [9.17, 15) is 13.2 Å². The van der Waals surface area contributed by atoms with Crippen LogP contribution in [0.4, 0.5) is 0 Å². The third-order valence-corrected chi connectivity index (χ3v) is 7.01. The van der Waals surface area contributed by atoms with Crippen LogP contribution in [0.25, 0.3) is 0 Å². The second kappa shape index (κ2) is 6.20. The molecule has 2 atom stereocenters. The monoisotopic (exact) mass is 322 g/mol. The van der Waals surface area contributed by atoms with E-state index in [2.05, 4.69) is 5.32 Å². The van der Waals surface area contributed by atoms with Gasteiger partial charge in [-0.05, 0) is 24.7 Å². The maximum Gasteiger partial charge on any atom is 0.237 e. The third-order valence-electron chi connectivity index (χ3n) is 4.88.